The molecule has 25 heavy (non-hydrogen) atoms. The van der Waals surface area contributed by atoms with Gasteiger partial charge in [-0.05, 0) is 34.1 Å². The van der Waals surface area contributed by atoms with Crippen molar-refractivity contribution in [2.45, 2.75) is 0 Å². The number of H-pyrrole nitrogens is 1. The minimum absolute atomic E-state index is 0.0409. The number of para-hydroxylation sites is 1. The zero-order chi connectivity index (χ0) is 18.0. The summed E-state index contributed by atoms with van der Waals surface area (Å²) in [6.45, 7) is 0. The Hall–Kier alpha value is -3.27. The van der Waals surface area contributed by atoms with E-state index in [0.717, 1.165) is 0 Å². The monoisotopic (exact) mass is 402 g/mol. The van der Waals surface area contributed by atoms with E-state index >= 15 is 0 Å². The zero-order valence-corrected chi connectivity index (χ0v) is 14.2. The summed E-state index contributed by atoms with van der Waals surface area (Å²) in [6, 6.07) is 12.9. The molecule has 126 valence electrons. The number of hydrogen-bond acceptors (Lipinski definition) is 6. The second-order valence-electron chi connectivity index (χ2n) is 4.94. The molecular formula is C15H11BrN6O3. The molecule has 10 heteroatoms. The van der Waals surface area contributed by atoms with E-state index in [4.69, 9.17) is 5.73 Å². The summed E-state index contributed by atoms with van der Waals surface area (Å²) in [4.78, 5) is 22.8. The third-order valence-electron chi connectivity index (χ3n) is 3.31. The van der Waals surface area contributed by atoms with Crippen LogP contribution in [0.4, 0.5) is 22.9 Å². The molecule has 1 aromatic heterocycles. The predicted octanol–water partition coefficient (Wildman–Crippen LogP) is 3.83. The predicted molar refractivity (Wildman–Crippen MR) is 95.8 cm³/mol. The van der Waals surface area contributed by atoms with E-state index in [0.29, 0.717) is 10.2 Å². The fourth-order valence-electron chi connectivity index (χ4n) is 2.10. The van der Waals surface area contributed by atoms with Crippen LogP contribution in [0.25, 0.3) is 5.69 Å². The molecular weight excluding hydrogens is 392 g/mol. The molecule has 0 atom stereocenters. The molecule has 0 radical (unpaired) electrons. The second-order valence-corrected chi connectivity index (χ2v) is 5.80. The number of halogens is 1. The number of nitrogens with zero attached hydrogens (tertiary/aromatic N) is 4. The molecule has 0 unspecified atom stereocenters. The molecule has 0 aliphatic carbocycles. The van der Waals surface area contributed by atoms with Gasteiger partial charge in [-0.1, -0.05) is 18.2 Å². The van der Waals surface area contributed by atoms with Crippen molar-refractivity contribution >= 4 is 38.8 Å². The first-order valence-corrected chi connectivity index (χ1v) is 7.78. The molecule has 0 fully saturated rings. The molecule has 3 N–H and O–H groups in total. The van der Waals surface area contributed by atoms with Crippen molar-refractivity contribution < 1.29 is 4.92 Å². The number of benzene rings is 2. The van der Waals surface area contributed by atoms with Gasteiger partial charge in [0, 0.05) is 16.6 Å². The number of nitro benzene ring substituents is 1. The molecule has 2 aromatic carbocycles. The molecule has 3 aromatic rings. The lowest BCUT2D eigenvalue weighted by Gasteiger charge is -1.99. The fraction of sp³-hybridized carbons (Fsp3) is 0. The van der Waals surface area contributed by atoms with Crippen LogP contribution in [0.5, 0.6) is 0 Å². The maximum Gasteiger partial charge on any atom is 0.301 e. The van der Waals surface area contributed by atoms with Crippen LogP contribution in [0.15, 0.2) is 68.0 Å². The van der Waals surface area contributed by atoms with Crippen molar-refractivity contribution in [3.63, 3.8) is 0 Å². The van der Waals surface area contributed by atoms with Crippen LogP contribution in [0.2, 0.25) is 0 Å². The summed E-state index contributed by atoms with van der Waals surface area (Å²) >= 11 is 3.23. The van der Waals surface area contributed by atoms with Gasteiger partial charge >= 0.3 is 5.56 Å². The van der Waals surface area contributed by atoms with Gasteiger partial charge in [-0.3, -0.25) is 20.0 Å². The topological polar surface area (TPSA) is 132 Å². The van der Waals surface area contributed by atoms with Gasteiger partial charge in [0.15, 0.2) is 5.69 Å². The number of azo groups is 1. The summed E-state index contributed by atoms with van der Waals surface area (Å²) in [5, 5.41) is 21.3. The lowest BCUT2D eigenvalue weighted by Crippen LogP contribution is -2.13. The summed E-state index contributed by atoms with van der Waals surface area (Å²) in [5.74, 6) is 0.0409. The number of nitrogens with one attached hydrogen (secondary N) is 1. The Morgan fingerprint density at radius 1 is 1.16 bits per heavy atom. The number of non-ortho nitro benzene ring substituents is 1. The van der Waals surface area contributed by atoms with Crippen LogP contribution in [0.1, 0.15) is 0 Å². The highest BCUT2D eigenvalue weighted by molar-refractivity contribution is 9.10. The Kier molecular flexibility index (Phi) is 4.44. The molecule has 9 nitrogen and oxygen atoms in total. The number of nitrogen functional groups attached to an aromatic ring is 1. The summed E-state index contributed by atoms with van der Waals surface area (Å²) in [7, 11) is 0. The number of aromatic nitrogens is 2. The molecule has 0 amide bonds. The average molecular weight is 403 g/mol. The van der Waals surface area contributed by atoms with Gasteiger partial charge in [0.2, 0.25) is 0 Å². The fourth-order valence-corrected chi connectivity index (χ4v) is 2.42. The first-order valence-electron chi connectivity index (χ1n) is 6.99. The summed E-state index contributed by atoms with van der Waals surface area (Å²) in [6.07, 6.45) is 0. The smallest absolute Gasteiger partial charge is 0.301 e. The third kappa shape index (κ3) is 3.33. The van der Waals surface area contributed by atoms with Gasteiger partial charge in [0.1, 0.15) is 11.5 Å². The lowest BCUT2D eigenvalue weighted by atomic mass is 10.3. The maximum atomic E-state index is 12.4. The summed E-state index contributed by atoms with van der Waals surface area (Å²) < 4.78 is 1.74. The highest BCUT2D eigenvalue weighted by Gasteiger charge is 2.14. The largest absolute Gasteiger partial charge is 0.382 e. The van der Waals surface area contributed by atoms with Crippen LogP contribution >= 0.6 is 15.9 Å². The van der Waals surface area contributed by atoms with Gasteiger partial charge in [-0.2, -0.15) is 0 Å². The first kappa shape index (κ1) is 16.6. The molecule has 0 aliphatic rings. The lowest BCUT2D eigenvalue weighted by molar-refractivity contribution is -0.384. The number of nitrogens with two attached hydrogens (primary N) is 1. The van der Waals surface area contributed by atoms with E-state index in [1.807, 2.05) is 6.07 Å². The van der Waals surface area contributed by atoms with Gasteiger partial charge in [-0.25, -0.2) is 4.68 Å². The molecule has 3 rings (SSSR count). The maximum absolute atomic E-state index is 12.4. The van der Waals surface area contributed by atoms with Gasteiger partial charge in [0.25, 0.3) is 5.69 Å². The Labute approximate surface area is 149 Å². The average Bonchev–Trinajstić information content (AvgIpc) is 2.89. The van der Waals surface area contributed by atoms with Crippen LogP contribution in [-0.2, 0) is 0 Å². The minimum atomic E-state index is -0.543. The molecule has 0 aliphatic heterocycles. The molecule has 1 heterocycles. The van der Waals surface area contributed by atoms with E-state index in [-0.39, 0.29) is 22.9 Å². The standard InChI is InChI=1S/C15H11BrN6O3/c16-11-7-6-10(22(24)25)8-12(11)18-19-13-14(17)20-21(15(13)23)9-4-2-1-3-5-9/h1-8,20H,17H2. The van der Waals surface area contributed by atoms with Crippen LogP contribution < -0.4 is 11.3 Å². The first-order chi connectivity index (χ1) is 12.0. The Morgan fingerprint density at radius 2 is 1.88 bits per heavy atom. The highest BCUT2D eigenvalue weighted by Crippen LogP contribution is 2.31. The number of anilines is 1. The van der Waals surface area contributed by atoms with Crippen LogP contribution in [-0.4, -0.2) is 14.7 Å². The van der Waals surface area contributed by atoms with Crippen molar-refractivity contribution in [2.24, 2.45) is 10.2 Å². The molecule has 0 bridgehead atoms. The van der Waals surface area contributed by atoms with E-state index < -0.39 is 10.5 Å². The minimum Gasteiger partial charge on any atom is -0.382 e. The SMILES string of the molecule is Nc1[nH]n(-c2ccccc2)c(=O)c1N=Nc1cc([N+](=O)[O-])ccc1Br. The second kappa shape index (κ2) is 6.69. The van der Waals surface area contributed by atoms with E-state index in [2.05, 4.69) is 31.3 Å². The Bertz CT molecular complexity index is 1030. The van der Waals surface area contributed by atoms with Crippen molar-refractivity contribution in [1.82, 2.24) is 9.78 Å². The molecule has 0 saturated heterocycles. The number of aromatic amines is 1. The third-order valence-corrected chi connectivity index (χ3v) is 3.98. The normalized spacial score (nSPS) is 11.1. The van der Waals surface area contributed by atoms with Crippen molar-refractivity contribution in [1.29, 1.82) is 0 Å². The number of nitro groups is 1. The quantitative estimate of drug-likeness (QED) is 0.389. The highest BCUT2D eigenvalue weighted by atomic mass is 79.9. The van der Waals surface area contributed by atoms with Gasteiger partial charge in [0.05, 0.1) is 10.6 Å². The zero-order valence-electron chi connectivity index (χ0n) is 12.6. The Balaban J connectivity index is 2.01. The Morgan fingerprint density at radius 3 is 2.56 bits per heavy atom. The van der Waals surface area contributed by atoms with Gasteiger partial charge in [-0.15, -0.1) is 10.2 Å². The van der Waals surface area contributed by atoms with E-state index in [1.165, 1.54) is 22.9 Å². The van der Waals surface area contributed by atoms with E-state index in [9.17, 15) is 14.9 Å². The summed E-state index contributed by atoms with van der Waals surface area (Å²) in [5.41, 5.74) is 5.92. The molecule has 0 saturated carbocycles. The van der Waals surface area contributed by atoms with Crippen molar-refractivity contribution in [3.8, 4) is 5.69 Å². The van der Waals surface area contributed by atoms with E-state index in [1.54, 1.807) is 24.3 Å². The van der Waals surface area contributed by atoms with Crippen molar-refractivity contribution in [2.75, 3.05) is 5.73 Å². The van der Waals surface area contributed by atoms with Crippen molar-refractivity contribution in [3.05, 3.63) is 73.5 Å². The van der Waals surface area contributed by atoms with Crippen LogP contribution in [0, 0.1) is 10.1 Å². The number of rotatable bonds is 4. The number of hydrogen-bond donors (Lipinski definition) is 2. The van der Waals surface area contributed by atoms with Crippen LogP contribution in [0.3, 0.4) is 0 Å². The molecule has 0 spiro atoms. The van der Waals surface area contributed by atoms with Gasteiger partial charge < -0.3 is 5.73 Å².